The smallest absolute Gasteiger partial charge is 0.249 e. The van der Waals surface area contributed by atoms with Crippen molar-refractivity contribution in [1.82, 2.24) is 15.5 Å². The van der Waals surface area contributed by atoms with Crippen molar-refractivity contribution in [1.29, 1.82) is 0 Å². The van der Waals surface area contributed by atoms with Crippen LogP contribution in [0.1, 0.15) is 32.6 Å². The van der Waals surface area contributed by atoms with Gasteiger partial charge in [-0.3, -0.25) is 14.9 Å². The topological polar surface area (TPSA) is 61.4 Å². The summed E-state index contributed by atoms with van der Waals surface area (Å²) in [6, 6.07) is 0.0175. The second kappa shape index (κ2) is 5.00. The zero-order valence-corrected chi connectivity index (χ0v) is 10.7. The summed E-state index contributed by atoms with van der Waals surface area (Å²) in [5.41, 5.74) is 0. The second-order valence-electron chi connectivity index (χ2n) is 4.65. The minimum atomic E-state index is -0.380. The molecule has 2 N–H and O–H groups in total. The van der Waals surface area contributed by atoms with Crippen molar-refractivity contribution in [2.45, 2.75) is 44.7 Å². The molecule has 17 heavy (non-hydrogen) atoms. The number of piperazine rings is 1. The fourth-order valence-corrected chi connectivity index (χ4v) is 2.68. The summed E-state index contributed by atoms with van der Waals surface area (Å²) in [4.78, 5) is 24.5. The summed E-state index contributed by atoms with van der Waals surface area (Å²) >= 11 is 5.28. The lowest BCUT2D eigenvalue weighted by Gasteiger charge is -2.34. The van der Waals surface area contributed by atoms with E-state index in [9.17, 15) is 9.59 Å². The third-order valence-corrected chi connectivity index (χ3v) is 3.72. The molecule has 0 bridgehead atoms. The van der Waals surface area contributed by atoms with Crippen LogP contribution in [0, 0.1) is 0 Å². The molecule has 1 aliphatic carbocycles. The molecule has 2 amide bonds. The number of rotatable bonds is 1. The molecule has 1 saturated carbocycles. The molecule has 1 unspecified atom stereocenters. The Kier molecular flexibility index (Phi) is 3.61. The Morgan fingerprint density at radius 2 is 2.06 bits per heavy atom. The van der Waals surface area contributed by atoms with Crippen molar-refractivity contribution in [3.63, 3.8) is 0 Å². The van der Waals surface area contributed by atoms with Gasteiger partial charge >= 0.3 is 0 Å². The van der Waals surface area contributed by atoms with Gasteiger partial charge < -0.3 is 10.2 Å². The molecular formula is C11H17N3O2S. The maximum atomic E-state index is 11.5. The van der Waals surface area contributed by atoms with Crippen molar-refractivity contribution in [2.24, 2.45) is 0 Å². The van der Waals surface area contributed by atoms with Crippen LogP contribution in [0.15, 0.2) is 0 Å². The van der Waals surface area contributed by atoms with Gasteiger partial charge in [0.05, 0.1) is 0 Å². The highest BCUT2D eigenvalue weighted by atomic mass is 32.1. The number of hydrogen-bond donors (Lipinski definition) is 2. The molecule has 6 heteroatoms. The monoisotopic (exact) mass is 255 g/mol. The number of hydrogen-bond acceptors (Lipinski definition) is 3. The zero-order chi connectivity index (χ0) is 12.4. The number of carbonyl (C=O) groups is 2. The average molecular weight is 255 g/mol. The van der Waals surface area contributed by atoms with Gasteiger partial charge in [-0.25, -0.2) is 0 Å². The van der Waals surface area contributed by atoms with E-state index in [1.165, 1.54) is 12.8 Å². The summed E-state index contributed by atoms with van der Waals surface area (Å²) in [5.74, 6) is -0.569. The van der Waals surface area contributed by atoms with Crippen LogP contribution in [0.2, 0.25) is 0 Å². The summed E-state index contributed by atoms with van der Waals surface area (Å²) in [7, 11) is 0. The van der Waals surface area contributed by atoms with E-state index >= 15 is 0 Å². The summed E-state index contributed by atoms with van der Waals surface area (Å²) in [6.07, 6.45) is 4.66. The van der Waals surface area contributed by atoms with Crippen molar-refractivity contribution in [3.05, 3.63) is 0 Å². The number of nitrogens with zero attached hydrogens (tertiary/aromatic N) is 1. The minimum absolute atomic E-state index is 0.158. The summed E-state index contributed by atoms with van der Waals surface area (Å²) < 4.78 is 0. The molecular weight excluding hydrogens is 238 g/mol. The van der Waals surface area contributed by atoms with Crippen LogP contribution in [-0.4, -0.2) is 40.5 Å². The van der Waals surface area contributed by atoms with Crippen LogP contribution < -0.4 is 10.6 Å². The van der Waals surface area contributed by atoms with E-state index in [1.807, 2.05) is 0 Å². The van der Waals surface area contributed by atoms with Crippen LogP contribution in [-0.2, 0) is 9.59 Å². The maximum absolute atomic E-state index is 11.5. The Morgan fingerprint density at radius 3 is 2.71 bits per heavy atom. The third-order valence-electron chi connectivity index (χ3n) is 3.37. The average Bonchev–Trinajstić information content (AvgIpc) is 2.76. The predicted octanol–water partition coefficient (Wildman–Crippen LogP) is 0.150. The van der Waals surface area contributed by atoms with Gasteiger partial charge in [0.15, 0.2) is 5.11 Å². The van der Waals surface area contributed by atoms with Crippen LogP contribution in [0.3, 0.4) is 0 Å². The van der Waals surface area contributed by atoms with Crippen LogP contribution >= 0.6 is 12.2 Å². The maximum Gasteiger partial charge on any atom is 0.249 e. The molecule has 5 nitrogen and oxygen atoms in total. The minimum Gasteiger partial charge on any atom is -0.360 e. The lowest BCUT2D eigenvalue weighted by molar-refractivity contribution is -0.137. The van der Waals surface area contributed by atoms with Crippen LogP contribution in [0.5, 0.6) is 0 Å². The predicted molar refractivity (Wildman–Crippen MR) is 67.3 cm³/mol. The molecule has 1 atom stereocenters. The van der Waals surface area contributed by atoms with E-state index in [2.05, 4.69) is 10.6 Å². The Morgan fingerprint density at radius 1 is 1.41 bits per heavy atom. The van der Waals surface area contributed by atoms with Gasteiger partial charge in [-0.2, -0.15) is 0 Å². The zero-order valence-electron chi connectivity index (χ0n) is 9.86. The highest BCUT2D eigenvalue weighted by molar-refractivity contribution is 7.80. The first-order valence-corrected chi connectivity index (χ1v) is 6.39. The first kappa shape index (κ1) is 12.3. The molecule has 2 fully saturated rings. The van der Waals surface area contributed by atoms with Gasteiger partial charge in [-0.1, -0.05) is 12.8 Å². The van der Waals surface area contributed by atoms with Crippen LogP contribution in [0.4, 0.5) is 0 Å². The molecule has 0 radical (unpaired) electrons. The third kappa shape index (κ3) is 2.74. The molecule has 0 spiro atoms. The summed E-state index contributed by atoms with van der Waals surface area (Å²) in [6.45, 7) is 1.91. The molecule has 94 valence electrons. The number of nitrogens with one attached hydrogen (secondary N) is 2. The Hall–Kier alpha value is -1.17. The van der Waals surface area contributed by atoms with Crippen molar-refractivity contribution in [3.8, 4) is 0 Å². The van der Waals surface area contributed by atoms with Crippen LogP contribution in [0.25, 0.3) is 0 Å². The highest BCUT2D eigenvalue weighted by Gasteiger charge is 2.32. The van der Waals surface area contributed by atoms with E-state index in [4.69, 9.17) is 12.2 Å². The largest absolute Gasteiger partial charge is 0.360 e. The van der Waals surface area contributed by atoms with E-state index in [1.54, 1.807) is 11.8 Å². The Balaban J connectivity index is 1.96. The van der Waals surface area contributed by atoms with Crippen molar-refractivity contribution in [2.75, 3.05) is 6.54 Å². The van der Waals surface area contributed by atoms with Gasteiger partial charge in [-0.15, -0.1) is 0 Å². The SMILES string of the molecule is CC1C(=O)NC(=O)CN1C(=S)NC1CCCC1. The van der Waals surface area contributed by atoms with Crippen molar-refractivity contribution >= 4 is 29.1 Å². The Bertz CT molecular complexity index is 353. The number of amides is 2. The van der Waals surface area contributed by atoms with Gasteiger partial charge in [0.2, 0.25) is 11.8 Å². The lowest BCUT2D eigenvalue weighted by Crippen LogP contribution is -2.61. The molecule has 0 aromatic heterocycles. The molecule has 2 aliphatic rings. The van der Waals surface area contributed by atoms with E-state index in [0.29, 0.717) is 11.2 Å². The molecule has 0 aromatic carbocycles. The number of imide groups is 1. The molecule has 2 rings (SSSR count). The molecule has 0 aromatic rings. The fraction of sp³-hybridized carbons (Fsp3) is 0.727. The lowest BCUT2D eigenvalue weighted by atomic mass is 10.2. The van der Waals surface area contributed by atoms with E-state index in [0.717, 1.165) is 12.8 Å². The first-order valence-electron chi connectivity index (χ1n) is 5.99. The quantitative estimate of drug-likeness (QED) is 0.516. The highest BCUT2D eigenvalue weighted by Crippen LogP contribution is 2.18. The van der Waals surface area contributed by atoms with E-state index in [-0.39, 0.29) is 24.4 Å². The standard InChI is InChI=1S/C11H17N3O2S/c1-7-10(16)13-9(15)6-14(7)11(17)12-8-4-2-3-5-8/h7-8H,2-6H2,1H3,(H,12,17)(H,13,15,16). The number of thiocarbonyl (C=S) groups is 1. The molecule has 1 heterocycles. The van der Waals surface area contributed by atoms with Crippen molar-refractivity contribution < 1.29 is 9.59 Å². The van der Waals surface area contributed by atoms with Gasteiger partial charge in [-0.05, 0) is 32.0 Å². The summed E-state index contributed by atoms with van der Waals surface area (Å²) in [5, 5.41) is 6.07. The fourth-order valence-electron chi connectivity index (χ4n) is 2.29. The molecule has 1 aliphatic heterocycles. The molecule has 1 saturated heterocycles. The van der Waals surface area contributed by atoms with Gasteiger partial charge in [0.1, 0.15) is 12.6 Å². The number of carbonyl (C=O) groups excluding carboxylic acids is 2. The normalized spacial score (nSPS) is 25.9. The first-order chi connectivity index (χ1) is 8.08. The second-order valence-corrected chi connectivity index (χ2v) is 5.03. The Labute approximate surface area is 106 Å². The van der Waals surface area contributed by atoms with Gasteiger partial charge in [0, 0.05) is 6.04 Å². The van der Waals surface area contributed by atoms with Gasteiger partial charge in [0.25, 0.3) is 0 Å². The van der Waals surface area contributed by atoms with E-state index < -0.39 is 0 Å².